The Morgan fingerprint density at radius 3 is 2.75 bits per heavy atom. The Kier molecular flexibility index (Phi) is 2.16. The maximum Gasteiger partial charge on any atom is 0.248 e. The lowest BCUT2D eigenvalue weighted by atomic mass is 10.1. The van der Waals surface area contributed by atoms with Gasteiger partial charge in [-0.15, -0.1) is 6.42 Å². The molecule has 0 heterocycles. The highest BCUT2D eigenvalue weighted by Gasteiger charge is 2.01. The summed E-state index contributed by atoms with van der Waals surface area (Å²) >= 11 is 0. The Morgan fingerprint density at radius 2 is 2.25 bits per heavy atom. The molecule has 0 aliphatic rings. The van der Waals surface area contributed by atoms with Crippen LogP contribution < -0.4 is 5.73 Å². The lowest BCUT2D eigenvalue weighted by Crippen LogP contribution is -2.11. The second-order valence-corrected chi connectivity index (χ2v) is 2.54. The van der Waals surface area contributed by atoms with Crippen LogP contribution in [0.4, 0.5) is 0 Å². The predicted molar refractivity (Wildman–Crippen MR) is 47.6 cm³/mol. The number of benzene rings is 1. The molecule has 0 aliphatic carbocycles. The van der Waals surface area contributed by atoms with E-state index in [-0.39, 0.29) is 0 Å². The maximum absolute atomic E-state index is 10.7. The SMILES string of the molecule is C#Cc1cc(C(N)=O)ccc1C. The first kappa shape index (κ1) is 8.35. The molecule has 0 saturated carbocycles. The summed E-state index contributed by atoms with van der Waals surface area (Å²) in [5, 5.41) is 0. The molecular formula is C10H9NO. The molecule has 0 spiro atoms. The lowest BCUT2D eigenvalue weighted by Gasteiger charge is -1.99. The van der Waals surface area contributed by atoms with Crippen LogP contribution in [0.15, 0.2) is 18.2 Å². The minimum atomic E-state index is -0.452. The van der Waals surface area contributed by atoms with Gasteiger partial charge in [0.05, 0.1) is 0 Å². The smallest absolute Gasteiger partial charge is 0.248 e. The maximum atomic E-state index is 10.7. The highest BCUT2D eigenvalue weighted by molar-refractivity contribution is 5.93. The second-order valence-electron chi connectivity index (χ2n) is 2.54. The van der Waals surface area contributed by atoms with E-state index in [9.17, 15) is 4.79 Å². The van der Waals surface area contributed by atoms with Crippen LogP contribution >= 0.6 is 0 Å². The molecule has 0 aromatic heterocycles. The summed E-state index contributed by atoms with van der Waals surface area (Å²) in [5.41, 5.74) is 7.22. The first-order valence-corrected chi connectivity index (χ1v) is 3.52. The number of carbonyl (C=O) groups excluding carboxylic acids is 1. The minimum absolute atomic E-state index is 0.452. The number of aryl methyl sites for hydroxylation is 1. The molecule has 0 atom stereocenters. The average Bonchev–Trinajstić information content (AvgIpc) is 2.05. The Balaban J connectivity index is 3.25. The molecule has 12 heavy (non-hydrogen) atoms. The fourth-order valence-corrected chi connectivity index (χ4v) is 0.931. The first-order chi connectivity index (χ1) is 5.65. The van der Waals surface area contributed by atoms with Crippen molar-refractivity contribution < 1.29 is 4.79 Å². The van der Waals surface area contributed by atoms with Crippen LogP contribution in [0.2, 0.25) is 0 Å². The van der Waals surface area contributed by atoms with Crippen LogP contribution in [0.3, 0.4) is 0 Å². The fourth-order valence-electron chi connectivity index (χ4n) is 0.931. The molecule has 0 fully saturated rings. The van der Waals surface area contributed by atoms with Crippen LogP contribution in [0.1, 0.15) is 21.5 Å². The summed E-state index contributed by atoms with van der Waals surface area (Å²) in [6.45, 7) is 1.89. The van der Waals surface area contributed by atoms with E-state index in [1.165, 1.54) is 0 Å². The van der Waals surface area contributed by atoms with Crippen molar-refractivity contribution in [3.63, 3.8) is 0 Å². The quantitative estimate of drug-likeness (QED) is 0.612. The van der Waals surface area contributed by atoms with Gasteiger partial charge in [0.1, 0.15) is 0 Å². The van der Waals surface area contributed by atoms with Crippen molar-refractivity contribution in [1.29, 1.82) is 0 Å². The van der Waals surface area contributed by atoms with Crippen molar-refractivity contribution in [3.05, 3.63) is 34.9 Å². The van der Waals surface area contributed by atoms with E-state index in [0.29, 0.717) is 11.1 Å². The molecule has 1 rings (SSSR count). The zero-order valence-corrected chi connectivity index (χ0v) is 6.79. The van der Waals surface area contributed by atoms with Gasteiger partial charge >= 0.3 is 0 Å². The number of primary amides is 1. The van der Waals surface area contributed by atoms with Gasteiger partial charge < -0.3 is 5.73 Å². The summed E-state index contributed by atoms with van der Waals surface area (Å²) in [6, 6.07) is 5.07. The summed E-state index contributed by atoms with van der Waals surface area (Å²) in [5.74, 6) is 2.03. The zero-order valence-electron chi connectivity index (χ0n) is 6.79. The number of hydrogen-bond donors (Lipinski definition) is 1. The summed E-state index contributed by atoms with van der Waals surface area (Å²) in [6.07, 6.45) is 5.22. The van der Waals surface area contributed by atoms with Gasteiger partial charge in [-0.05, 0) is 24.6 Å². The number of terminal acetylenes is 1. The van der Waals surface area contributed by atoms with Gasteiger partial charge in [-0.3, -0.25) is 4.79 Å². The molecule has 1 aromatic rings. The van der Waals surface area contributed by atoms with Gasteiger partial charge in [0.25, 0.3) is 0 Å². The third kappa shape index (κ3) is 1.46. The molecule has 1 aromatic carbocycles. The van der Waals surface area contributed by atoms with Gasteiger partial charge in [0.2, 0.25) is 5.91 Å². The number of nitrogens with two attached hydrogens (primary N) is 1. The normalized spacial score (nSPS) is 9.00. The highest BCUT2D eigenvalue weighted by Crippen LogP contribution is 2.08. The number of rotatable bonds is 1. The van der Waals surface area contributed by atoms with Gasteiger partial charge in [0, 0.05) is 11.1 Å². The lowest BCUT2D eigenvalue weighted by molar-refractivity contribution is 0.100. The zero-order chi connectivity index (χ0) is 9.14. The molecule has 60 valence electrons. The van der Waals surface area contributed by atoms with Crippen LogP contribution in [-0.4, -0.2) is 5.91 Å². The van der Waals surface area contributed by atoms with Crippen molar-refractivity contribution in [1.82, 2.24) is 0 Å². The van der Waals surface area contributed by atoms with Crippen molar-refractivity contribution in [3.8, 4) is 12.3 Å². The Bertz CT molecular complexity index is 361. The van der Waals surface area contributed by atoms with E-state index in [2.05, 4.69) is 5.92 Å². The van der Waals surface area contributed by atoms with E-state index in [4.69, 9.17) is 12.2 Å². The molecule has 2 nitrogen and oxygen atoms in total. The highest BCUT2D eigenvalue weighted by atomic mass is 16.1. The van der Waals surface area contributed by atoms with Gasteiger partial charge in [-0.2, -0.15) is 0 Å². The molecule has 0 aliphatic heterocycles. The predicted octanol–water partition coefficient (Wildman–Crippen LogP) is 1.08. The molecule has 0 radical (unpaired) electrons. The standard InChI is InChI=1S/C10H9NO/c1-3-8-6-9(10(11)12)5-4-7(8)2/h1,4-6H,2H3,(H2,11,12). The fraction of sp³-hybridized carbons (Fsp3) is 0.100. The summed E-state index contributed by atoms with van der Waals surface area (Å²) in [4.78, 5) is 10.7. The van der Waals surface area contributed by atoms with Gasteiger partial charge in [0.15, 0.2) is 0 Å². The van der Waals surface area contributed by atoms with Crippen molar-refractivity contribution in [2.24, 2.45) is 5.73 Å². The van der Waals surface area contributed by atoms with Crippen LogP contribution in [0, 0.1) is 19.3 Å². The topological polar surface area (TPSA) is 43.1 Å². The van der Waals surface area contributed by atoms with Gasteiger partial charge in [-0.25, -0.2) is 0 Å². The van der Waals surface area contributed by atoms with E-state index in [1.54, 1.807) is 18.2 Å². The molecular weight excluding hydrogens is 150 g/mol. The minimum Gasteiger partial charge on any atom is -0.366 e. The van der Waals surface area contributed by atoms with Crippen LogP contribution in [0.5, 0.6) is 0 Å². The van der Waals surface area contributed by atoms with Crippen molar-refractivity contribution >= 4 is 5.91 Å². The third-order valence-electron chi connectivity index (χ3n) is 1.68. The van der Waals surface area contributed by atoms with Crippen LogP contribution in [0.25, 0.3) is 0 Å². The van der Waals surface area contributed by atoms with Crippen LogP contribution in [-0.2, 0) is 0 Å². The molecule has 2 heteroatoms. The summed E-state index contributed by atoms with van der Waals surface area (Å²) in [7, 11) is 0. The number of hydrogen-bond acceptors (Lipinski definition) is 1. The Hall–Kier alpha value is -1.75. The molecule has 2 N–H and O–H groups in total. The van der Waals surface area contributed by atoms with E-state index < -0.39 is 5.91 Å². The number of carbonyl (C=O) groups is 1. The molecule has 0 saturated heterocycles. The third-order valence-corrected chi connectivity index (χ3v) is 1.68. The monoisotopic (exact) mass is 159 g/mol. The molecule has 1 amide bonds. The van der Waals surface area contributed by atoms with Crippen molar-refractivity contribution in [2.45, 2.75) is 6.92 Å². The largest absolute Gasteiger partial charge is 0.366 e. The summed E-state index contributed by atoms with van der Waals surface area (Å²) < 4.78 is 0. The second kappa shape index (κ2) is 3.10. The van der Waals surface area contributed by atoms with Crippen molar-refractivity contribution in [2.75, 3.05) is 0 Å². The Labute approximate surface area is 71.4 Å². The Morgan fingerprint density at radius 1 is 1.58 bits per heavy atom. The average molecular weight is 159 g/mol. The van der Waals surface area contributed by atoms with Gasteiger partial charge in [-0.1, -0.05) is 12.0 Å². The molecule has 0 bridgehead atoms. The first-order valence-electron chi connectivity index (χ1n) is 3.52. The van der Waals surface area contributed by atoms with E-state index >= 15 is 0 Å². The number of amides is 1. The molecule has 0 unspecified atom stereocenters. The van der Waals surface area contributed by atoms with E-state index in [1.807, 2.05) is 6.92 Å². The van der Waals surface area contributed by atoms with E-state index in [0.717, 1.165) is 5.56 Å².